The van der Waals surface area contributed by atoms with Gasteiger partial charge in [-0.2, -0.15) is 4.31 Å². The summed E-state index contributed by atoms with van der Waals surface area (Å²) in [6.45, 7) is 7.46. The van der Waals surface area contributed by atoms with Crippen molar-refractivity contribution >= 4 is 27.7 Å². The highest BCUT2D eigenvalue weighted by atomic mass is 32.2. The van der Waals surface area contributed by atoms with E-state index in [0.717, 1.165) is 36.9 Å². The number of anilines is 1. The minimum atomic E-state index is -3.31. The van der Waals surface area contributed by atoms with Gasteiger partial charge in [0.15, 0.2) is 6.10 Å². The maximum absolute atomic E-state index is 14.0. The molecule has 1 aliphatic carbocycles. The third kappa shape index (κ3) is 7.22. The number of carbonyl (C=O) groups is 2. The number of amides is 2. The number of hydrogen-bond acceptors (Lipinski definition) is 6. The molecule has 9 nitrogen and oxygen atoms in total. The van der Waals surface area contributed by atoms with Crippen LogP contribution in [0.15, 0.2) is 18.2 Å². The van der Waals surface area contributed by atoms with Gasteiger partial charge in [-0.15, -0.1) is 0 Å². The summed E-state index contributed by atoms with van der Waals surface area (Å²) in [4.78, 5) is 28.1. The molecule has 0 aromatic heterocycles. The fourth-order valence-corrected chi connectivity index (χ4v) is 7.46. The molecule has 2 fully saturated rings. The number of ether oxygens (including phenoxy) is 1. The van der Waals surface area contributed by atoms with E-state index in [2.05, 4.69) is 24.5 Å². The average Bonchev–Trinajstić information content (AvgIpc) is 3.15. The number of benzene rings is 1. The van der Waals surface area contributed by atoms with E-state index in [-0.39, 0.29) is 55.3 Å². The molecule has 1 saturated heterocycles. The number of fused-ring (bicyclic) bond motifs is 1. The second-order valence-electron chi connectivity index (χ2n) is 12.0. The average molecular weight is 567 g/mol. The smallest absolute Gasteiger partial charge is 0.407 e. The number of hydrogen-bond donors (Lipinski definition) is 2. The molecule has 4 rings (SSSR count). The number of sulfonamides is 1. The fourth-order valence-electron chi connectivity index (χ4n) is 6.64. The van der Waals surface area contributed by atoms with Crippen LogP contribution in [0.5, 0.6) is 0 Å². The summed E-state index contributed by atoms with van der Waals surface area (Å²) in [6, 6.07) is 4.74. The van der Waals surface area contributed by atoms with Crippen molar-refractivity contribution in [2.24, 2.45) is 11.8 Å². The van der Waals surface area contributed by atoms with E-state index >= 15 is 0 Å². The van der Waals surface area contributed by atoms with Gasteiger partial charge in [-0.1, -0.05) is 39.0 Å². The van der Waals surface area contributed by atoms with E-state index in [4.69, 9.17) is 4.74 Å². The van der Waals surface area contributed by atoms with Crippen molar-refractivity contribution in [1.29, 1.82) is 0 Å². The Morgan fingerprint density at radius 1 is 1.15 bits per heavy atom. The Kier molecular flexibility index (Phi) is 9.10. The van der Waals surface area contributed by atoms with Gasteiger partial charge in [-0.3, -0.25) is 4.79 Å². The lowest BCUT2D eigenvalue weighted by atomic mass is 9.77. The van der Waals surface area contributed by atoms with Crippen LogP contribution in [-0.4, -0.2) is 80.2 Å². The third-order valence-corrected chi connectivity index (χ3v) is 9.84. The maximum Gasteiger partial charge on any atom is 0.407 e. The molecule has 3 atom stereocenters. The van der Waals surface area contributed by atoms with E-state index in [1.807, 2.05) is 6.92 Å². The van der Waals surface area contributed by atoms with Gasteiger partial charge in [0.2, 0.25) is 10.0 Å². The molecule has 2 heterocycles. The first-order chi connectivity index (χ1) is 18.3. The summed E-state index contributed by atoms with van der Waals surface area (Å²) < 4.78 is 44.9. The first-order valence-electron chi connectivity index (χ1n) is 14.1. The van der Waals surface area contributed by atoms with Gasteiger partial charge in [0.1, 0.15) is 5.82 Å². The lowest BCUT2D eigenvalue weighted by molar-refractivity contribution is -0.142. The molecular formula is C28H43FN4O5S. The monoisotopic (exact) mass is 566 g/mol. The van der Waals surface area contributed by atoms with Crippen LogP contribution in [0.1, 0.15) is 70.8 Å². The standard InChI is InChI=1S/C28H43FN4O5S/c1-19(25-22-17-21(29)10-11-23(22)31-28(25,2)3)18-30-27(35)38-24(16-20-8-6-5-7-9-20)26(34)32-12-14-33(15-13-32)39(4,36)37/h10-11,17,19-20,24-25,31H,5-9,12-16,18H2,1-4H3,(H,30,35)/t19?,24-,25?/m0/s1. The first kappa shape index (κ1) is 29.6. The van der Waals surface area contributed by atoms with Crippen LogP contribution in [0, 0.1) is 17.7 Å². The van der Waals surface area contributed by atoms with E-state index in [1.54, 1.807) is 17.0 Å². The maximum atomic E-state index is 14.0. The minimum absolute atomic E-state index is 0.0281. The molecule has 2 aliphatic heterocycles. The van der Waals surface area contributed by atoms with Crippen molar-refractivity contribution in [3.63, 3.8) is 0 Å². The number of piperazine rings is 1. The summed E-state index contributed by atoms with van der Waals surface area (Å²) in [7, 11) is -3.31. The zero-order valence-electron chi connectivity index (χ0n) is 23.5. The summed E-state index contributed by atoms with van der Waals surface area (Å²) >= 11 is 0. The number of nitrogens with zero attached hydrogens (tertiary/aromatic N) is 2. The van der Waals surface area contributed by atoms with Crippen molar-refractivity contribution in [2.75, 3.05) is 44.3 Å². The van der Waals surface area contributed by atoms with Crippen LogP contribution < -0.4 is 10.6 Å². The highest BCUT2D eigenvalue weighted by molar-refractivity contribution is 7.88. The summed E-state index contributed by atoms with van der Waals surface area (Å²) in [5.74, 6) is -0.302. The Morgan fingerprint density at radius 2 is 1.82 bits per heavy atom. The van der Waals surface area contributed by atoms with Gasteiger partial charge < -0.3 is 20.3 Å². The molecule has 218 valence electrons. The van der Waals surface area contributed by atoms with Crippen molar-refractivity contribution in [1.82, 2.24) is 14.5 Å². The summed E-state index contributed by atoms with van der Waals surface area (Å²) in [5, 5.41) is 6.31. The van der Waals surface area contributed by atoms with Crippen molar-refractivity contribution in [2.45, 2.75) is 76.9 Å². The van der Waals surface area contributed by atoms with Crippen molar-refractivity contribution in [3.05, 3.63) is 29.6 Å². The van der Waals surface area contributed by atoms with Gasteiger partial charge >= 0.3 is 6.09 Å². The van der Waals surface area contributed by atoms with Gasteiger partial charge in [-0.05, 0) is 55.9 Å². The van der Waals surface area contributed by atoms with E-state index in [9.17, 15) is 22.4 Å². The molecule has 0 bridgehead atoms. The van der Waals surface area contributed by atoms with Crippen LogP contribution in [0.3, 0.4) is 0 Å². The highest BCUT2D eigenvalue weighted by Gasteiger charge is 2.42. The minimum Gasteiger partial charge on any atom is -0.436 e. The number of nitrogens with one attached hydrogen (secondary N) is 2. The van der Waals surface area contributed by atoms with Gasteiger partial charge in [0, 0.05) is 49.9 Å². The molecule has 2 unspecified atom stereocenters. The number of halogens is 1. The normalized spacial score (nSPS) is 23.4. The molecular weight excluding hydrogens is 523 g/mol. The predicted molar refractivity (Wildman–Crippen MR) is 148 cm³/mol. The Hall–Kier alpha value is -2.40. The van der Waals surface area contributed by atoms with Crippen LogP contribution in [0.25, 0.3) is 0 Å². The van der Waals surface area contributed by atoms with E-state index < -0.39 is 22.2 Å². The number of rotatable bonds is 8. The van der Waals surface area contributed by atoms with Gasteiger partial charge in [0.25, 0.3) is 5.91 Å². The van der Waals surface area contributed by atoms with Gasteiger partial charge in [-0.25, -0.2) is 17.6 Å². The van der Waals surface area contributed by atoms with E-state index in [0.29, 0.717) is 18.9 Å². The second-order valence-corrected chi connectivity index (χ2v) is 14.0. The van der Waals surface area contributed by atoms with Crippen molar-refractivity contribution in [3.8, 4) is 0 Å². The Balaban J connectivity index is 1.38. The molecule has 0 spiro atoms. The van der Waals surface area contributed by atoms with Crippen LogP contribution in [0.4, 0.5) is 14.9 Å². The van der Waals surface area contributed by atoms with Crippen molar-refractivity contribution < 1.29 is 27.1 Å². The molecule has 0 radical (unpaired) electrons. The van der Waals surface area contributed by atoms with Crippen LogP contribution in [0.2, 0.25) is 0 Å². The summed E-state index contributed by atoms with van der Waals surface area (Å²) in [5.41, 5.74) is 1.46. The second kappa shape index (κ2) is 12.0. The Labute approximate surface area is 231 Å². The van der Waals surface area contributed by atoms with Crippen LogP contribution >= 0.6 is 0 Å². The molecule has 39 heavy (non-hydrogen) atoms. The zero-order valence-corrected chi connectivity index (χ0v) is 24.4. The third-order valence-electron chi connectivity index (χ3n) is 8.54. The largest absolute Gasteiger partial charge is 0.436 e. The molecule has 1 aromatic rings. The number of carbonyl (C=O) groups excluding carboxylic acids is 2. The molecule has 11 heteroatoms. The molecule has 3 aliphatic rings. The predicted octanol–water partition coefficient (Wildman–Crippen LogP) is 3.92. The SMILES string of the molecule is CC(CNC(=O)O[C@@H](CC1CCCCC1)C(=O)N1CCN(S(C)(=O)=O)CC1)C1c2cc(F)ccc2NC1(C)C. The highest BCUT2D eigenvalue weighted by Crippen LogP contribution is 2.46. The Morgan fingerprint density at radius 3 is 2.46 bits per heavy atom. The lowest BCUT2D eigenvalue weighted by Crippen LogP contribution is -2.53. The quantitative estimate of drug-likeness (QED) is 0.494. The topological polar surface area (TPSA) is 108 Å². The molecule has 1 aromatic carbocycles. The summed E-state index contributed by atoms with van der Waals surface area (Å²) in [6.07, 6.45) is 5.50. The fraction of sp³-hybridized carbons (Fsp3) is 0.714. The molecule has 2 N–H and O–H groups in total. The molecule has 2 amide bonds. The van der Waals surface area contributed by atoms with Crippen LogP contribution in [-0.2, 0) is 19.6 Å². The first-order valence-corrected chi connectivity index (χ1v) is 16.0. The molecule has 1 saturated carbocycles. The van der Waals surface area contributed by atoms with Gasteiger partial charge in [0.05, 0.1) is 6.26 Å². The van der Waals surface area contributed by atoms with E-state index in [1.165, 1.54) is 23.0 Å². The lowest BCUT2D eigenvalue weighted by Gasteiger charge is -2.36. The zero-order chi connectivity index (χ0) is 28.4. The Bertz CT molecular complexity index is 1150. The number of alkyl carbamates (subject to hydrolysis) is 1.